The summed E-state index contributed by atoms with van der Waals surface area (Å²) in [6, 6.07) is 10.5. The zero-order chi connectivity index (χ0) is 25.0. The highest BCUT2D eigenvalue weighted by Crippen LogP contribution is 2.31. The van der Waals surface area contributed by atoms with Gasteiger partial charge in [0.1, 0.15) is 17.4 Å². The van der Waals surface area contributed by atoms with Crippen LogP contribution in [0.2, 0.25) is 0 Å². The van der Waals surface area contributed by atoms with Crippen LogP contribution in [0.3, 0.4) is 0 Å². The molecule has 178 valence electrons. The van der Waals surface area contributed by atoms with Gasteiger partial charge in [0.2, 0.25) is 0 Å². The molecule has 1 amide bonds. The Hall–Kier alpha value is -4.06. The second-order valence-corrected chi connectivity index (χ2v) is 8.81. The van der Waals surface area contributed by atoms with Gasteiger partial charge in [-0.05, 0) is 43.3 Å². The first-order valence-electron chi connectivity index (χ1n) is 9.73. The third kappa shape index (κ3) is 5.46. The highest BCUT2D eigenvalue weighted by atomic mass is 32.2. The molecular weight excluding hydrogens is 472 g/mol. The Morgan fingerprint density at radius 3 is 2.32 bits per heavy atom. The lowest BCUT2D eigenvalue weighted by Gasteiger charge is -2.15. The number of anilines is 1. The van der Waals surface area contributed by atoms with Crippen molar-refractivity contribution in [1.82, 2.24) is 5.32 Å². The highest BCUT2D eigenvalue weighted by molar-refractivity contribution is 7.92. The second kappa shape index (κ2) is 9.83. The van der Waals surface area contributed by atoms with Gasteiger partial charge in [0, 0.05) is 29.3 Å². The van der Waals surface area contributed by atoms with Crippen molar-refractivity contribution in [3.63, 3.8) is 0 Å². The van der Waals surface area contributed by atoms with E-state index in [2.05, 4.69) is 10.0 Å². The molecule has 0 saturated carbocycles. The summed E-state index contributed by atoms with van der Waals surface area (Å²) in [5.74, 6) is -2.08. The fourth-order valence-electron chi connectivity index (χ4n) is 3.09. The molecule has 0 spiro atoms. The molecule has 1 atom stereocenters. The molecule has 0 fully saturated rings. The fraction of sp³-hybridized carbons (Fsp3) is 0.136. The molecule has 3 aromatic carbocycles. The first kappa shape index (κ1) is 24.6. The molecule has 0 aromatic heterocycles. The van der Waals surface area contributed by atoms with E-state index >= 15 is 0 Å². The van der Waals surface area contributed by atoms with Gasteiger partial charge in [-0.1, -0.05) is 6.07 Å². The number of ether oxygens (including phenoxy) is 1. The maximum Gasteiger partial charge on any atom is 0.271 e. The van der Waals surface area contributed by atoms with E-state index in [1.54, 1.807) is 0 Å². The van der Waals surface area contributed by atoms with Gasteiger partial charge in [-0.25, -0.2) is 17.2 Å². The van der Waals surface area contributed by atoms with Crippen molar-refractivity contribution in [2.75, 3.05) is 11.8 Å². The lowest BCUT2D eigenvalue weighted by molar-refractivity contribution is -0.384. The number of amides is 1. The average molecular weight is 491 g/mol. The molecular formula is C22H19F2N3O6S. The van der Waals surface area contributed by atoms with Crippen molar-refractivity contribution in [3.05, 3.63) is 93.5 Å². The van der Waals surface area contributed by atoms with Gasteiger partial charge in [0.15, 0.2) is 0 Å². The Bertz CT molecular complexity index is 1350. The summed E-state index contributed by atoms with van der Waals surface area (Å²) in [7, 11) is -2.89. The molecule has 3 aromatic rings. The summed E-state index contributed by atoms with van der Waals surface area (Å²) in [4.78, 5) is 22.6. The van der Waals surface area contributed by atoms with Crippen LogP contribution in [-0.2, 0) is 10.0 Å². The predicted octanol–water partition coefficient (Wildman–Crippen LogP) is 4.17. The van der Waals surface area contributed by atoms with E-state index in [-0.39, 0.29) is 33.1 Å². The van der Waals surface area contributed by atoms with Gasteiger partial charge < -0.3 is 10.1 Å². The molecule has 0 saturated heterocycles. The van der Waals surface area contributed by atoms with Gasteiger partial charge in [0.05, 0.1) is 28.7 Å². The van der Waals surface area contributed by atoms with E-state index in [4.69, 9.17) is 4.74 Å². The van der Waals surface area contributed by atoms with Crippen molar-refractivity contribution < 1.29 is 31.7 Å². The third-order valence-corrected chi connectivity index (χ3v) is 6.22. The molecule has 0 heterocycles. The normalized spacial score (nSPS) is 12.0. The third-order valence-electron chi connectivity index (χ3n) is 4.84. The van der Waals surface area contributed by atoms with Gasteiger partial charge in [-0.2, -0.15) is 0 Å². The first-order valence-corrected chi connectivity index (χ1v) is 11.2. The minimum atomic E-state index is -4.18. The quantitative estimate of drug-likeness (QED) is 0.360. The lowest BCUT2D eigenvalue weighted by Crippen LogP contribution is -2.27. The molecule has 34 heavy (non-hydrogen) atoms. The maximum absolute atomic E-state index is 13.9. The molecule has 12 heteroatoms. The Morgan fingerprint density at radius 2 is 1.74 bits per heavy atom. The number of benzene rings is 3. The number of nitrogens with zero attached hydrogens (tertiary/aromatic N) is 1. The number of nitro benzene ring substituents is 1. The number of carbonyl (C=O) groups excluding carboxylic acids is 1. The topological polar surface area (TPSA) is 128 Å². The van der Waals surface area contributed by atoms with Crippen LogP contribution in [-0.4, -0.2) is 26.4 Å². The smallest absolute Gasteiger partial charge is 0.271 e. The van der Waals surface area contributed by atoms with Crippen LogP contribution in [0, 0.1) is 21.7 Å². The molecule has 9 nitrogen and oxygen atoms in total. The summed E-state index contributed by atoms with van der Waals surface area (Å²) in [5, 5.41) is 13.6. The summed E-state index contributed by atoms with van der Waals surface area (Å²) < 4.78 is 59.8. The molecule has 0 aliphatic heterocycles. The zero-order valence-electron chi connectivity index (χ0n) is 17.9. The minimum Gasteiger partial charge on any atom is -0.495 e. The molecule has 3 rings (SSSR count). The van der Waals surface area contributed by atoms with Gasteiger partial charge in [-0.3, -0.25) is 19.6 Å². The van der Waals surface area contributed by atoms with E-state index in [9.17, 15) is 32.1 Å². The second-order valence-electron chi connectivity index (χ2n) is 7.13. The van der Waals surface area contributed by atoms with Crippen molar-refractivity contribution in [1.29, 1.82) is 0 Å². The van der Waals surface area contributed by atoms with Crippen molar-refractivity contribution in [3.8, 4) is 5.75 Å². The summed E-state index contributed by atoms with van der Waals surface area (Å²) in [5.41, 5.74) is -0.281. The number of nitro groups is 1. The van der Waals surface area contributed by atoms with Gasteiger partial charge >= 0.3 is 0 Å². The number of halogens is 2. The summed E-state index contributed by atoms with van der Waals surface area (Å²) in [6.07, 6.45) is 0. The van der Waals surface area contributed by atoms with E-state index in [0.29, 0.717) is 6.07 Å². The van der Waals surface area contributed by atoms with E-state index in [0.717, 1.165) is 12.1 Å². The van der Waals surface area contributed by atoms with Crippen LogP contribution in [0.5, 0.6) is 5.75 Å². The van der Waals surface area contributed by atoms with Crippen LogP contribution in [0.1, 0.15) is 28.9 Å². The molecule has 0 bridgehead atoms. The van der Waals surface area contributed by atoms with Gasteiger partial charge in [0.25, 0.3) is 21.6 Å². The Labute approximate surface area is 193 Å². The average Bonchev–Trinajstić information content (AvgIpc) is 2.78. The number of non-ortho nitro benzene ring substituents is 1. The van der Waals surface area contributed by atoms with E-state index < -0.39 is 38.5 Å². The number of carbonyl (C=O) groups is 1. The van der Waals surface area contributed by atoms with Crippen molar-refractivity contribution in [2.24, 2.45) is 0 Å². The zero-order valence-corrected chi connectivity index (χ0v) is 18.7. The SMILES string of the molecule is COc1ccc([N+](=O)[O-])cc1NS(=O)(=O)c1ccc(C(=O)NC(C)c2ccc(F)cc2F)cc1. The van der Waals surface area contributed by atoms with E-state index in [1.165, 1.54) is 56.5 Å². The highest BCUT2D eigenvalue weighted by Gasteiger charge is 2.21. The lowest BCUT2D eigenvalue weighted by atomic mass is 10.1. The Morgan fingerprint density at radius 1 is 1.06 bits per heavy atom. The fourth-order valence-corrected chi connectivity index (χ4v) is 4.15. The van der Waals surface area contributed by atoms with Crippen LogP contribution < -0.4 is 14.8 Å². The monoisotopic (exact) mass is 491 g/mol. The number of hydrogen-bond acceptors (Lipinski definition) is 6. The Balaban J connectivity index is 1.77. The first-order chi connectivity index (χ1) is 16.0. The van der Waals surface area contributed by atoms with Crippen LogP contribution in [0.4, 0.5) is 20.2 Å². The Kier molecular flexibility index (Phi) is 7.11. The minimum absolute atomic E-state index is 0.0761. The summed E-state index contributed by atoms with van der Waals surface area (Å²) >= 11 is 0. The molecule has 0 aliphatic carbocycles. The molecule has 0 radical (unpaired) electrons. The number of methoxy groups -OCH3 is 1. The van der Waals surface area contributed by atoms with Crippen LogP contribution >= 0.6 is 0 Å². The predicted molar refractivity (Wildman–Crippen MR) is 119 cm³/mol. The van der Waals surface area contributed by atoms with Gasteiger partial charge in [-0.15, -0.1) is 0 Å². The standard InChI is InChI=1S/C22H19F2N3O6S/c1-13(18-9-5-15(23)11-19(18)24)25-22(28)14-3-7-17(8-4-14)34(31,32)26-20-12-16(27(29)30)6-10-21(20)33-2/h3-13,26H,1-2H3,(H,25,28). The van der Waals surface area contributed by atoms with Crippen LogP contribution in [0.25, 0.3) is 0 Å². The molecule has 1 unspecified atom stereocenters. The number of hydrogen-bond donors (Lipinski definition) is 2. The van der Waals surface area contributed by atoms with Crippen molar-refractivity contribution >= 4 is 27.3 Å². The van der Waals surface area contributed by atoms with Crippen molar-refractivity contribution in [2.45, 2.75) is 17.9 Å². The number of nitrogens with one attached hydrogen (secondary N) is 2. The van der Waals surface area contributed by atoms with Crippen LogP contribution in [0.15, 0.2) is 65.6 Å². The molecule has 2 N–H and O–H groups in total. The van der Waals surface area contributed by atoms with E-state index in [1.807, 2.05) is 0 Å². The molecule has 0 aliphatic rings. The number of sulfonamides is 1. The number of rotatable bonds is 8. The maximum atomic E-state index is 13.9. The summed E-state index contributed by atoms with van der Waals surface area (Å²) in [6.45, 7) is 1.52. The largest absolute Gasteiger partial charge is 0.495 e.